The quantitative estimate of drug-likeness (QED) is 0.676. The highest BCUT2D eigenvalue weighted by molar-refractivity contribution is 9.10. The van der Waals surface area contributed by atoms with Crippen LogP contribution in [0.5, 0.6) is 0 Å². The van der Waals surface area contributed by atoms with Gasteiger partial charge in [0.2, 0.25) is 0 Å². The molecule has 1 heterocycles. The Labute approximate surface area is 76.7 Å². The molecule has 0 radical (unpaired) electrons. The lowest BCUT2D eigenvalue weighted by atomic mass is 10.2. The molecule has 66 valence electrons. The summed E-state index contributed by atoms with van der Waals surface area (Å²) >= 11 is 3.03. The van der Waals surface area contributed by atoms with Crippen molar-refractivity contribution in [1.82, 2.24) is 9.78 Å². The second-order valence-electron chi connectivity index (χ2n) is 2.94. The van der Waals surface area contributed by atoms with Crippen LogP contribution in [0.15, 0.2) is 4.60 Å². The van der Waals surface area contributed by atoms with Crippen molar-refractivity contribution in [1.29, 1.82) is 0 Å². The van der Waals surface area contributed by atoms with E-state index in [1.165, 1.54) is 4.68 Å². The molecule has 1 aromatic rings. The van der Waals surface area contributed by atoms with Crippen LogP contribution in [0.3, 0.4) is 0 Å². The summed E-state index contributed by atoms with van der Waals surface area (Å²) in [5.74, 6) is -2.69. The highest BCUT2D eigenvalue weighted by atomic mass is 79.9. The number of hydrogen-bond donors (Lipinski definition) is 0. The van der Waals surface area contributed by atoms with Crippen LogP contribution >= 0.6 is 15.9 Å². The predicted octanol–water partition coefficient (Wildman–Crippen LogP) is 2.22. The Bertz CT molecular complexity index is 332. The molecule has 0 aromatic carbocycles. The Morgan fingerprint density at radius 1 is 1.58 bits per heavy atom. The molecular weight excluding hydrogens is 230 g/mol. The van der Waals surface area contributed by atoms with Crippen LogP contribution in [0.2, 0.25) is 0 Å². The second-order valence-corrected chi connectivity index (χ2v) is 3.69. The lowest BCUT2D eigenvalue weighted by Gasteiger charge is -2.06. The fourth-order valence-electron chi connectivity index (χ4n) is 1.57. The molecule has 5 heteroatoms. The molecule has 0 aliphatic heterocycles. The largest absolute Gasteiger partial charge is 0.278 e. The number of rotatable bonds is 0. The summed E-state index contributed by atoms with van der Waals surface area (Å²) < 4.78 is 28.1. The average molecular weight is 237 g/mol. The Morgan fingerprint density at radius 3 is 2.83 bits per heavy atom. The SMILES string of the molecule is Cn1nc(Br)c2c1CCC2(F)F. The molecule has 1 aliphatic rings. The molecule has 1 aliphatic carbocycles. The first-order chi connectivity index (χ1) is 5.52. The zero-order valence-corrected chi connectivity index (χ0v) is 8.03. The Balaban J connectivity index is 2.65. The van der Waals surface area contributed by atoms with Crippen LogP contribution < -0.4 is 0 Å². The predicted molar refractivity (Wildman–Crippen MR) is 43.1 cm³/mol. The monoisotopic (exact) mass is 236 g/mol. The highest BCUT2D eigenvalue weighted by Gasteiger charge is 2.43. The van der Waals surface area contributed by atoms with Crippen LogP contribution in [0.4, 0.5) is 8.78 Å². The summed E-state index contributed by atoms with van der Waals surface area (Å²) in [6.07, 6.45) is 0.323. The molecule has 1 aromatic heterocycles. The first-order valence-electron chi connectivity index (χ1n) is 3.62. The molecule has 0 atom stereocenters. The van der Waals surface area contributed by atoms with Crippen molar-refractivity contribution < 1.29 is 8.78 Å². The van der Waals surface area contributed by atoms with Crippen molar-refractivity contribution in [2.45, 2.75) is 18.8 Å². The minimum absolute atomic E-state index is 0.0741. The van der Waals surface area contributed by atoms with Crippen molar-refractivity contribution in [2.75, 3.05) is 0 Å². The third kappa shape index (κ3) is 0.920. The number of nitrogens with zero attached hydrogens (tertiary/aromatic N) is 2. The van der Waals surface area contributed by atoms with E-state index in [1.807, 2.05) is 0 Å². The topological polar surface area (TPSA) is 17.8 Å². The maximum absolute atomic E-state index is 13.1. The molecule has 2 nitrogen and oxygen atoms in total. The van der Waals surface area contributed by atoms with Crippen molar-refractivity contribution in [3.63, 3.8) is 0 Å². The Hall–Kier alpha value is -0.450. The molecule has 0 bridgehead atoms. The van der Waals surface area contributed by atoms with Gasteiger partial charge in [-0.2, -0.15) is 5.10 Å². The van der Waals surface area contributed by atoms with Gasteiger partial charge in [-0.25, -0.2) is 8.78 Å². The molecular formula is C7H7BrF2N2. The normalized spacial score (nSPS) is 19.7. The van der Waals surface area contributed by atoms with E-state index < -0.39 is 5.92 Å². The molecule has 12 heavy (non-hydrogen) atoms. The van der Waals surface area contributed by atoms with Crippen LogP contribution in [0.1, 0.15) is 17.7 Å². The molecule has 0 saturated heterocycles. The van der Waals surface area contributed by atoms with E-state index in [0.29, 0.717) is 12.1 Å². The summed E-state index contributed by atoms with van der Waals surface area (Å²) in [7, 11) is 1.69. The van der Waals surface area contributed by atoms with Gasteiger partial charge < -0.3 is 0 Å². The molecule has 0 saturated carbocycles. The van der Waals surface area contributed by atoms with E-state index in [9.17, 15) is 8.78 Å². The number of alkyl halides is 2. The van der Waals surface area contributed by atoms with Gasteiger partial charge in [0.15, 0.2) is 0 Å². The maximum atomic E-state index is 13.1. The van der Waals surface area contributed by atoms with Gasteiger partial charge in [0.1, 0.15) is 4.60 Å². The average Bonchev–Trinajstić information content (AvgIpc) is 2.37. The van der Waals surface area contributed by atoms with E-state index in [4.69, 9.17) is 0 Å². The van der Waals surface area contributed by atoms with E-state index in [-0.39, 0.29) is 16.6 Å². The van der Waals surface area contributed by atoms with Crippen molar-refractivity contribution >= 4 is 15.9 Å². The minimum Gasteiger partial charge on any atom is -0.271 e. The van der Waals surface area contributed by atoms with Gasteiger partial charge in [-0.3, -0.25) is 4.68 Å². The standard InChI is InChI=1S/C7H7BrF2N2/c1-12-4-2-3-7(9,10)5(4)6(8)11-12/h2-3H2,1H3. The van der Waals surface area contributed by atoms with E-state index in [0.717, 1.165) is 0 Å². The van der Waals surface area contributed by atoms with Crippen LogP contribution in [-0.2, 0) is 19.4 Å². The fourth-order valence-corrected chi connectivity index (χ4v) is 2.33. The summed E-state index contributed by atoms with van der Waals surface area (Å²) in [5.41, 5.74) is 0.719. The lowest BCUT2D eigenvalue weighted by molar-refractivity contribution is -0.00272. The molecule has 0 N–H and O–H groups in total. The van der Waals surface area contributed by atoms with E-state index >= 15 is 0 Å². The van der Waals surface area contributed by atoms with Crippen molar-refractivity contribution in [3.8, 4) is 0 Å². The molecule has 0 fully saturated rings. The van der Waals surface area contributed by atoms with Gasteiger partial charge >= 0.3 is 0 Å². The Kier molecular flexibility index (Phi) is 1.55. The van der Waals surface area contributed by atoms with Gasteiger partial charge in [-0.1, -0.05) is 0 Å². The number of hydrogen-bond acceptors (Lipinski definition) is 1. The Morgan fingerprint density at radius 2 is 2.25 bits per heavy atom. The molecule has 0 amide bonds. The highest BCUT2D eigenvalue weighted by Crippen LogP contribution is 2.44. The number of fused-ring (bicyclic) bond motifs is 1. The van der Waals surface area contributed by atoms with E-state index in [1.54, 1.807) is 7.05 Å². The number of halogens is 3. The van der Waals surface area contributed by atoms with Crippen molar-refractivity contribution in [3.05, 3.63) is 15.9 Å². The summed E-state index contributed by atoms with van der Waals surface area (Å²) in [6.45, 7) is 0. The molecule has 0 spiro atoms. The van der Waals surface area contributed by atoms with Gasteiger partial charge in [-0.15, -0.1) is 0 Å². The molecule has 2 rings (SSSR count). The zero-order chi connectivity index (χ0) is 8.93. The minimum atomic E-state index is -2.69. The van der Waals surface area contributed by atoms with E-state index in [2.05, 4.69) is 21.0 Å². The number of aryl methyl sites for hydroxylation is 1. The maximum Gasteiger partial charge on any atom is 0.278 e. The van der Waals surface area contributed by atoms with Crippen molar-refractivity contribution in [2.24, 2.45) is 7.05 Å². The lowest BCUT2D eigenvalue weighted by Crippen LogP contribution is -2.07. The third-order valence-electron chi connectivity index (χ3n) is 2.16. The summed E-state index contributed by atoms with van der Waals surface area (Å²) in [5, 5.41) is 3.88. The molecule has 0 unspecified atom stereocenters. The van der Waals surface area contributed by atoms with Crippen LogP contribution in [0.25, 0.3) is 0 Å². The van der Waals surface area contributed by atoms with Gasteiger partial charge in [0.25, 0.3) is 5.92 Å². The van der Waals surface area contributed by atoms with Gasteiger partial charge in [0, 0.05) is 19.2 Å². The summed E-state index contributed by atoms with van der Waals surface area (Å²) in [6, 6.07) is 0. The summed E-state index contributed by atoms with van der Waals surface area (Å²) in [4.78, 5) is 0. The third-order valence-corrected chi connectivity index (χ3v) is 2.72. The zero-order valence-electron chi connectivity index (χ0n) is 6.44. The first kappa shape index (κ1) is 8.16. The number of aromatic nitrogens is 2. The smallest absolute Gasteiger partial charge is 0.271 e. The van der Waals surface area contributed by atoms with Gasteiger partial charge in [-0.05, 0) is 22.4 Å². The first-order valence-corrected chi connectivity index (χ1v) is 4.41. The van der Waals surface area contributed by atoms with Crippen LogP contribution in [0, 0.1) is 0 Å². The fraction of sp³-hybridized carbons (Fsp3) is 0.571. The second kappa shape index (κ2) is 2.28. The van der Waals surface area contributed by atoms with Crippen LogP contribution in [-0.4, -0.2) is 9.78 Å². The van der Waals surface area contributed by atoms with Gasteiger partial charge in [0.05, 0.1) is 5.56 Å².